The van der Waals surface area contributed by atoms with Crippen LogP contribution in [-0.4, -0.2) is 43.0 Å². The van der Waals surface area contributed by atoms with Crippen molar-refractivity contribution in [1.82, 2.24) is 15.5 Å². The predicted octanol–water partition coefficient (Wildman–Crippen LogP) is 3.71. The number of likely N-dealkylation sites (N-methyl/N-ethyl adjacent to an activating group) is 1. The summed E-state index contributed by atoms with van der Waals surface area (Å²) in [6.45, 7) is 0.790. The summed E-state index contributed by atoms with van der Waals surface area (Å²) in [5.41, 5.74) is 1.06. The average Bonchev–Trinajstić information content (AvgIpc) is 3.42. The Bertz CT molecular complexity index is 888. The Labute approximate surface area is 182 Å². The summed E-state index contributed by atoms with van der Waals surface area (Å²) < 4.78 is 6.48. The van der Waals surface area contributed by atoms with E-state index in [-0.39, 0.29) is 24.1 Å². The van der Waals surface area contributed by atoms with Gasteiger partial charge < -0.3 is 20.3 Å². The van der Waals surface area contributed by atoms with Gasteiger partial charge in [0.1, 0.15) is 17.9 Å². The topological polar surface area (TPSA) is 66.0 Å². The Morgan fingerprint density at radius 1 is 1.23 bits per heavy atom. The molecule has 1 amide bonds. The van der Waals surface area contributed by atoms with Crippen LogP contribution in [0.5, 0.6) is 5.75 Å². The zero-order valence-corrected chi connectivity index (χ0v) is 18.5. The molecular formula is C23H30N4O2S. The van der Waals surface area contributed by atoms with Crippen molar-refractivity contribution in [2.75, 3.05) is 20.6 Å². The number of carbonyl (C=O) groups is 1. The van der Waals surface area contributed by atoms with Crippen LogP contribution in [0, 0.1) is 0 Å². The maximum atomic E-state index is 12.1. The molecule has 1 aromatic carbocycles. The van der Waals surface area contributed by atoms with E-state index in [1.807, 2.05) is 12.1 Å². The zero-order chi connectivity index (χ0) is 21.0. The van der Waals surface area contributed by atoms with Gasteiger partial charge in [-0.15, -0.1) is 11.3 Å². The van der Waals surface area contributed by atoms with Crippen LogP contribution in [0.2, 0.25) is 0 Å². The number of fused-ring (bicyclic) bond motifs is 1. The number of aliphatic imine (C=N–C) groups is 1. The van der Waals surface area contributed by atoms with Crippen molar-refractivity contribution >= 4 is 23.2 Å². The van der Waals surface area contributed by atoms with Crippen molar-refractivity contribution in [3.63, 3.8) is 0 Å². The number of benzene rings is 1. The molecule has 7 heteroatoms. The first kappa shape index (κ1) is 20.7. The van der Waals surface area contributed by atoms with Crippen molar-refractivity contribution in [2.45, 2.75) is 50.3 Å². The lowest BCUT2D eigenvalue weighted by atomic mass is 9.86. The van der Waals surface area contributed by atoms with Crippen molar-refractivity contribution < 1.29 is 9.53 Å². The standard InChI is InChI=1S/C23H30N4O2S/c1-27(2)21(28)16-25-22(24-15-17-8-7-13-30-17)26-19-14-23(11-5-6-12-23)29-20-10-4-3-9-18(19)20/h3-4,7-10,13,19H,5-6,11-12,14-16H2,1-2H3,(H2,24,25,26). The molecule has 1 atom stereocenters. The van der Waals surface area contributed by atoms with Crippen molar-refractivity contribution in [3.05, 3.63) is 52.2 Å². The molecular weight excluding hydrogens is 396 g/mol. The van der Waals surface area contributed by atoms with E-state index < -0.39 is 0 Å². The molecule has 0 bridgehead atoms. The normalized spacial score (nSPS) is 19.8. The second-order valence-electron chi connectivity index (χ2n) is 8.32. The van der Waals surface area contributed by atoms with Crippen LogP contribution in [0.15, 0.2) is 46.8 Å². The molecule has 2 N–H and O–H groups in total. The van der Waals surface area contributed by atoms with Gasteiger partial charge in [0.2, 0.25) is 5.91 Å². The van der Waals surface area contributed by atoms with E-state index >= 15 is 0 Å². The minimum Gasteiger partial charge on any atom is -0.487 e. The van der Waals surface area contributed by atoms with Gasteiger partial charge in [0.15, 0.2) is 5.96 Å². The first-order valence-electron chi connectivity index (χ1n) is 10.6. The molecule has 0 radical (unpaired) electrons. The number of amides is 1. The predicted molar refractivity (Wildman–Crippen MR) is 121 cm³/mol. The number of para-hydroxylation sites is 1. The summed E-state index contributed by atoms with van der Waals surface area (Å²) in [7, 11) is 3.51. The maximum Gasteiger partial charge on any atom is 0.243 e. The number of rotatable bonds is 5. The molecule has 6 nitrogen and oxygen atoms in total. The third-order valence-electron chi connectivity index (χ3n) is 5.90. The quantitative estimate of drug-likeness (QED) is 0.565. The number of thiophene rings is 1. The number of carbonyl (C=O) groups excluding carboxylic acids is 1. The van der Waals surface area contributed by atoms with Crippen LogP contribution in [-0.2, 0) is 11.3 Å². The SMILES string of the molecule is CN(C)C(=O)CN=C(NCc1cccs1)NC1CC2(CCCC2)Oc2ccccc21. The van der Waals surface area contributed by atoms with E-state index in [0.717, 1.165) is 30.6 Å². The smallest absolute Gasteiger partial charge is 0.243 e. The number of hydrogen-bond donors (Lipinski definition) is 2. The second-order valence-corrected chi connectivity index (χ2v) is 9.35. The average molecular weight is 427 g/mol. The van der Waals surface area contributed by atoms with Crippen LogP contribution < -0.4 is 15.4 Å². The third kappa shape index (κ3) is 4.78. The number of nitrogens with one attached hydrogen (secondary N) is 2. The van der Waals surface area contributed by atoms with Gasteiger partial charge in [-0.25, -0.2) is 4.99 Å². The van der Waals surface area contributed by atoms with Gasteiger partial charge in [-0.1, -0.05) is 24.3 Å². The Morgan fingerprint density at radius 2 is 2.03 bits per heavy atom. The van der Waals surface area contributed by atoms with Gasteiger partial charge in [0.25, 0.3) is 0 Å². The van der Waals surface area contributed by atoms with Crippen molar-refractivity contribution in [2.24, 2.45) is 4.99 Å². The van der Waals surface area contributed by atoms with E-state index in [1.54, 1.807) is 30.3 Å². The lowest BCUT2D eigenvalue weighted by Gasteiger charge is -2.40. The monoisotopic (exact) mass is 426 g/mol. The lowest BCUT2D eigenvalue weighted by Crippen LogP contribution is -2.46. The summed E-state index contributed by atoms with van der Waals surface area (Å²) in [6.07, 6.45) is 5.51. The highest BCUT2D eigenvalue weighted by atomic mass is 32.1. The van der Waals surface area contributed by atoms with Gasteiger partial charge in [-0.3, -0.25) is 4.79 Å². The number of ether oxygens (including phenoxy) is 1. The van der Waals surface area contributed by atoms with Crippen LogP contribution in [0.25, 0.3) is 0 Å². The van der Waals surface area contributed by atoms with Gasteiger partial charge >= 0.3 is 0 Å². The van der Waals surface area contributed by atoms with Crippen LogP contribution >= 0.6 is 11.3 Å². The largest absolute Gasteiger partial charge is 0.487 e. The molecule has 2 aromatic rings. The summed E-state index contributed by atoms with van der Waals surface area (Å²) in [4.78, 5) is 19.5. The molecule has 1 saturated carbocycles. The van der Waals surface area contributed by atoms with Gasteiger partial charge in [0.05, 0.1) is 12.6 Å². The Kier molecular flexibility index (Phi) is 6.27. The van der Waals surface area contributed by atoms with Crippen molar-refractivity contribution in [3.8, 4) is 5.75 Å². The minimum absolute atomic E-state index is 0.0214. The number of guanidine groups is 1. The van der Waals surface area contributed by atoms with Crippen molar-refractivity contribution in [1.29, 1.82) is 0 Å². The van der Waals surface area contributed by atoms with E-state index in [2.05, 4.69) is 45.3 Å². The molecule has 1 aromatic heterocycles. The van der Waals surface area contributed by atoms with E-state index in [9.17, 15) is 4.79 Å². The molecule has 1 fully saturated rings. The molecule has 2 heterocycles. The van der Waals surface area contributed by atoms with Gasteiger partial charge in [-0.05, 0) is 43.2 Å². The van der Waals surface area contributed by atoms with E-state index in [1.165, 1.54) is 17.7 Å². The number of hydrogen-bond acceptors (Lipinski definition) is 4. The van der Waals surface area contributed by atoms with Gasteiger partial charge in [0, 0.05) is 31.0 Å². The van der Waals surface area contributed by atoms with Crippen LogP contribution in [0.4, 0.5) is 0 Å². The zero-order valence-electron chi connectivity index (χ0n) is 17.7. The summed E-state index contributed by atoms with van der Waals surface area (Å²) in [6, 6.07) is 12.5. The highest BCUT2D eigenvalue weighted by Gasteiger charge is 2.43. The fourth-order valence-electron chi connectivity index (χ4n) is 4.26. The lowest BCUT2D eigenvalue weighted by molar-refractivity contribution is -0.127. The van der Waals surface area contributed by atoms with E-state index in [4.69, 9.17) is 4.74 Å². The Hall–Kier alpha value is -2.54. The van der Waals surface area contributed by atoms with Gasteiger partial charge in [-0.2, -0.15) is 0 Å². The van der Waals surface area contributed by atoms with E-state index in [0.29, 0.717) is 12.5 Å². The fourth-order valence-corrected chi connectivity index (χ4v) is 4.91. The first-order chi connectivity index (χ1) is 14.5. The second kappa shape index (κ2) is 9.08. The fraction of sp³-hybridized carbons (Fsp3) is 0.478. The Balaban J connectivity index is 1.55. The molecule has 4 rings (SSSR count). The maximum absolute atomic E-state index is 12.1. The molecule has 160 valence electrons. The summed E-state index contributed by atoms with van der Waals surface area (Å²) in [5.74, 6) is 1.60. The molecule has 1 aliphatic heterocycles. The molecule has 1 aliphatic carbocycles. The third-order valence-corrected chi connectivity index (χ3v) is 6.78. The molecule has 0 saturated heterocycles. The molecule has 1 spiro atoms. The molecule has 1 unspecified atom stereocenters. The van der Waals surface area contributed by atoms with Crippen LogP contribution in [0.1, 0.15) is 48.6 Å². The summed E-state index contributed by atoms with van der Waals surface area (Å²) in [5, 5.41) is 9.09. The highest BCUT2D eigenvalue weighted by Crippen LogP contribution is 2.46. The van der Waals surface area contributed by atoms with Crippen LogP contribution in [0.3, 0.4) is 0 Å². The minimum atomic E-state index is -0.0929. The Morgan fingerprint density at radius 3 is 2.77 bits per heavy atom. The first-order valence-corrected chi connectivity index (χ1v) is 11.5. The number of nitrogens with zero attached hydrogens (tertiary/aromatic N) is 2. The molecule has 30 heavy (non-hydrogen) atoms. The summed E-state index contributed by atoms with van der Waals surface area (Å²) >= 11 is 1.70. The molecule has 2 aliphatic rings. The highest BCUT2D eigenvalue weighted by molar-refractivity contribution is 7.09.